The number of amides is 1. The van der Waals surface area contributed by atoms with Crippen LogP contribution in [0.3, 0.4) is 0 Å². The molecule has 0 saturated heterocycles. The lowest BCUT2D eigenvalue weighted by molar-refractivity contribution is -0.140. The van der Waals surface area contributed by atoms with Gasteiger partial charge in [-0.3, -0.25) is 4.79 Å². The average molecular weight is 359 g/mol. The molecule has 27 heavy (non-hydrogen) atoms. The van der Waals surface area contributed by atoms with Crippen LogP contribution in [0.5, 0.6) is 0 Å². The number of benzene rings is 3. The number of rotatable bonds is 3. The van der Waals surface area contributed by atoms with Gasteiger partial charge in [-0.05, 0) is 47.4 Å². The first-order valence-electron chi connectivity index (χ1n) is 9.17. The maximum Gasteiger partial charge on any atom is 0.338 e. The fraction of sp³-hybridized carbons (Fsp3) is 0.217. The van der Waals surface area contributed by atoms with Crippen LogP contribution in [0.25, 0.3) is 10.8 Å². The molecular weight excluding hydrogens is 338 g/mol. The summed E-state index contributed by atoms with van der Waals surface area (Å²) in [5.74, 6) is -0.627. The zero-order chi connectivity index (χ0) is 18.8. The Morgan fingerprint density at radius 2 is 1.63 bits per heavy atom. The van der Waals surface area contributed by atoms with E-state index in [1.807, 2.05) is 48.5 Å². The molecule has 0 radical (unpaired) electrons. The second kappa shape index (κ2) is 7.23. The van der Waals surface area contributed by atoms with Crippen molar-refractivity contribution in [2.45, 2.75) is 26.0 Å². The molecule has 0 fully saturated rings. The van der Waals surface area contributed by atoms with Crippen molar-refractivity contribution in [1.29, 1.82) is 0 Å². The van der Waals surface area contributed by atoms with Gasteiger partial charge < -0.3 is 9.64 Å². The maximum absolute atomic E-state index is 12.7. The van der Waals surface area contributed by atoms with Crippen LogP contribution >= 0.6 is 0 Å². The predicted octanol–water partition coefficient (Wildman–Crippen LogP) is 3.97. The van der Waals surface area contributed by atoms with E-state index in [0.29, 0.717) is 18.7 Å². The second-order valence-electron chi connectivity index (χ2n) is 6.89. The molecule has 4 nitrogen and oxygen atoms in total. The van der Waals surface area contributed by atoms with E-state index in [-0.39, 0.29) is 5.91 Å². The Bertz CT molecular complexity index is 1010. The van der Waals surface area contributed by atoms with Crippen molar-refractivity contribution in [3.63, 3.8) is 0 Å². The van der Waals surface area contributed by atoms with Crippen molar-refractivity contribution in [2.75, 3.05) is 6.54 Å². The van der Waals surface area contributed by atoms with Gasteiger partial charge in [0.2, 0.25) is 0 Å². The maximum atomic E-state index is 12.7. The highest BCUT2D eigenvalue weighted by Crippen LogP contribution is 2.20. The molecule has 0 spiro atoms. The normalized spacial score (nSPS) is 14.5. The van der Waals surface area contributed by atoms with Gasteiger partial charge in [-0.25, -0.2) is 4.79 Å². The zero-order valence-electron chi connectivity index (χ0n) is 15.2. The van der Waals surface area contributed by atoms with Crippen molar-refractivity contribution in [3.05, 3.63) is 83.4 Å². The Morgan fingerprint density at radius 3 is 2.44 bits per heavy atom. The highest BCUT2D eigenvalue weighted by atomic mass is 16.5. The van der Waals surface area contributed by atoms with Crippen molar-refractivity contribution in [3.8, 4) is 0 Å². The van der Waals surface area contributed by atoms with Gasteiger partial charge in [-0.15, -0.1) is 0 Å². The van der Waals surface area contributed by atoms with E-state index in [1.54, 1.807) is 24.0 Å². The number of esters is 1. The number of carbonyl (C=O) groups excluding carboxylic acids is 2. The molecule has 0 aliphatic carbocycles. The minimum absolute atomic E-state index is 0.154. The van der Waals surface area contributed by atoms with Crippen LogP contribution in [-0.4, -0.2) is 29.4 Å². The highest BCUT2D eigenvalue weighted by molar-refractivity contribution is 5.96. The number of hydrogen-bond acceptors (Lipinski definition) is 3. The molecule has 0 bridgehead atoms. The summed E-state index contributed by atoms with van der Waals surface area (Å²) in [6, 6.07) is 21.4. The van der Waals surface area contributed by atoms with Crippen LogP contribution in [0.2, 0.25) is 0 Å². The van der Waals surface area contributed by atoms with E-state index in [0.717, 1.165) is 22.8 Å². The third-order valence-corrected chi connectivity index (χ3v) is 5.06. The molecule has 3 aromatic carbocycles. The Morgan fingerprint density at radius 1 is 0.926 bits per heavy atom. The third kappa shape index (κ3) is 3.56. The molecule has 0 saturated carbocycles. The van der Waals surface area contributed by atoms with E-state index in [9.17, 15) is 9.59 Å². The van der Waals surface area contributed by atoms with Crippen molar-refractivity contribution in [2.24, 2.45) is 0 Å². The number of nitrogens with zero attached hydrogens (tertiary/aromatic N) is 1. The van der Waals surface area contributed by atoms with Crippen LogP contribution in [0, 0.1) is 0 Å². The van der Waals surface area contributed by atoms with Crippen LogP contribution in [-0.2, 0) is 22.5 Å². The van der Waals surface area contributed by atoms with E-state index < -0.39 is 12.1 Å². The standard InChI is InChI=1S/C23H21NO3/c1-16(22(25)24-13-12-18-7-3-5-9-21(18)15-24)27-23(26)20-11-10-17-6-2-4-8-19(17)14-20/h2-11,14,16H,12-13,15H2,1H3/t16-/m0/s1. The molecule has 0 N–H and O–H groups in total. The molecule has 1 atom stereocenters. The number of fused-ring (bicyclic) bond motifs is 2. The molecule has 1 amide bonds. The molecule has 0 aromatic heterocycles. The van der Waals surface area contributed by atoms with Gasteiger partial charge in [-0.1, -0.05) is 54.6 Å². The lowest BCUT2D eigenvalue weighted by Crippen LogP contribution is -2.42. The Labute approximate surface area is 158 Å². The summed E-state index contributed by atoms with van der Waals surface area (Å²) in [5.41, 5.74) is 2.89. The highest BCUT2D eigenvalue weighted by Gasteiger charge is 2.27. The summed E-state index contributed by atoms with van der Waals surface area (Å²) >= 11 is 0. The lowest BCUT2D eigenvalue weighted by atomic mass is 9.99. The van der Waals surface area contributed by atoms with Gasteiger partial charge in [0, 0.05) is 13.1 Å². The van der Waals surface area contributed by atoms with E-state index in [1.165, 1.54) is 5.56 Å². The van der Waals surface area contributed by atoms with E-state index in [2.05, 4.69) is 6.07 Å². The number of carbonyl (C=O) groups is 2. The Balaban J connectivity index is 1.44. The first kappa shape index (κ1) is 17.3. The van der Waals surface area contributed by atoms with Crippen molar-refractivity contribution >= 4 is 22.6 Å². The smallest absolute Gasteiger partial charge is 0.338 e. The van der Waals surface area contributed by atoms with Crippen LogP contribution in [0.4, 0.5) is 0 Å². The van der Waals surface area contributed by atoms with E-state index >= 15 is 0 Å². The second-order valence-corrected chi connectivity index (χ2v) is 6.89. The molecule has 4 rings (SSSR count). The summed E-state index contributed by atoms with van der Waals surface area (Å²) in [6.45, 7) is 2.85. The first-order valence-corrected chi connectivity index (χ1v) is 9.17. The van der Waals surface area contributed by atoms with Gasteiger partial charge >= 0.3 is 5.97 Å². The average Bonchev–Trinajstić information content (AvgIpc) is 2.72. The molecular formula is C23H21NO3. The number of ether oxygens (including phenoxy) is 1. The van der Waals surface area contributed by atoms with Gasteiger partial charge in [0.05, 0.1) is 5.56 Å². The molecule has 4 heteroatoms. The summed E-state index contributed by atoms with van der Waals surface area (Å²) in [7, 11) is 0. The van der Waals surface area contributed by atoms with Gasteiger partial charge in [0.15, 0.2) is 6.10 Å². The summed E-state index contributed by atoms with van der Waals surface area (Å²) in [6.07, 6.45) is 0.0157. The number of hydrogen-bond donors (Lipinski definition) is 0. The molecule has 1 aliphatic heterocycles. The minimum atomic E-state index is -0.811. The van der Waals surface area contributed by atoms with Crippen LogP contribution in [0.1, 0.15) is 28.4 Å². The predicted molar refractivity (Wildman–Crippen MR) is 104 cm³/mol. The zero-order valence-corrected chi connectivity index (χ0v) is 15.2. The SMILES string of the molecule is C[C@H](OC(=O)c1ccc2ccccc2c1)C(=O)N1CCc2ccccc2C1. The van der Waals surface area contributed by atoms with Gasteiger partial charge in [-0.2, -0.15) is 0 Å². The quantitative estimate of drug-likeness (QED) is 0.665. The van der Waals surface area contributed by atoms with Gasteiger partial charge in [0.25, 0.3) is 5.91 Å². The fourth-order valence-electron chi connectivity index (χ4n) is 3.54. The Kier molecular flexibility index (Phi) is 4.63. The molecule has 1 heterocycles. The molecule has 3 aromatic rings. The minimum Gasteiger partial charge on any atom is -0.449 e. The lowest BCUT2D eigenvalue weighted by Gasteiger charge is -2.30. The van der Waals surface area contributed by atoms with Crippen molar-refractivity contribution < 1.29 is 14.3 Å². The van der Waals surface area contributed by atoms with Crippen LogP contribution < -0.4 is 0 Å². The summed E-state index contributed by atoms with van der Waals surface area (Å²) in [4.78, 5) is 27.0. The van der Waals surface area contributed by atoms with E-state index in [4.69, 9.17) is 4.74 Å². The summed E-state index contributed by atoms with van der Waals surface area (Å²) in [5, 5.41) is 2.03. The monoisotopic (exact) mass is 359 g/mol. The first-order chi connectivity index (χ1) is 13.1. The topological polar surface area (TPSA) is 46.6 Å². The third-order valence-electron chi connectivity index (χ3n) is 5.06. The molecule has 0 unspecified atom stereocenters. The fourth-order valence-corrected chi connectivity index (χ4v) is 3.54. The van der Waals surface area contributed by atoms with Crippen LogP contribution in [0.15, 0.2) is 66.7 Å². The molecule has 136 valence electrons. The van der Waals surface area contributed by atoms with Gasteiger partial charge in [0.1, 0.15) is 0 Å². The largest absolute Gasteiger partial charge is 0.449 e. The molecule has 1 aliphatic rings. The Hall–Kier alpha value is -3.14. The van der Waals surface area contributed by atoms with Crippen molar-refractivity contribution in [1.82, 2.24) is 4.90 Å². The summed E-state index contributed by atoms with van der Waals surface area (Å²) < 4.78 is 5.46.